The van der Waals surface area contributed by atoms with Gasteiger partial charge in [-0.05, 0) is 37.1 Å². The van der Waals surface area contributed by atoms with Crippen LogP contribution in [0.1, 0.15) is 23.3 Å². The third kappa shape index (κ3) is 3.51. The fraction of sp³-hybridized carbons (Fsp3) is 0.250. The van der Waals surface area contributed by atoms with Crippen LogP contribution in [0, 0.1) is 0 Å². The van der Waals surface area contributed by atoms with Gasteiger partial charge in [0.2, 0.25) is 0 Å². The van der Waals surface area contributed by atoms with Gasteiger partial charge in [0.15, 0.2) is 0 Å². The van der Waals surface area contributed by atoms with E-state index in [-0.39, 0.29) is 5.91 Å². The van der Waals surface area contributed by atoms with Gasteiger partial charge in [-0.15, -0.1) is 0 Å². The van der Waals surface area contributed by atoms with E-state index in [1.165, 1.54) is 0 Å². The standard InChI is InChI=1S/C16H17N3O2/c1-21-14-4-2-3-12(9-14)18-13-7-8-17-15(10-13)16(20)19-11-5-6-11/h2-4,7-11H,5-6H2,1H3,(H,17,18)(H,19,20). The van der Waals surface area contributed by atoms with Gasteiger partial charge >= 0.3 is 0 Å². The summed E-state index contributed by atoms with van der Waals surface area (Å²) in [5.74, 6) is 0.660. The number of rotatable bonds is 5. The molecule has 2 N–H and O–H groups in total. The second-order valence-corrected chi connectivity index (χ2v) is 5.03. The number of carbonyl (C=O) groups is 1. The Morgan fingerprint density at radius 3 is 2.81 bits per heavy atom. The Bertz CT molecular complexity index is 653. The molecule has 0 aliphatic heterocycles. The van der Waals surface area contributed by atoms with Crippen LogP contribution in [0.4, 0.5) is 11.4 Å². The number of ether oxygens (including phenoxy) is 1. The minimum Gasteiger partial charge on any atom is -0.497 e. The fourth-order valence-electron chi connectivity index (χ4n) is 1.99. The Morgan fingerprint density at radius 1 is 1.24 bits per heavy atom. The molecule has 0 spiro atoms. The zero-order chi connectivity index (χ0) is 14.7. The topological polar surface area (TPSA) is 63.2 Å². The van der Waals surface area contributed by atoms with Crippen molar-refractivity contribution in [3.8, 4) is 5.75 Å². The number of amides is 1. The van der Waals surface area contributed by atoms with Gasteiger partial charge in [0, 0.05) is 29.7 Å². The molecule has 21 heavy (non-hydrogen) atoms. The lowest BCUT2D eigenvalue weighted by atomic mass is 10.2. The van der Waals surface area contributed by atoms with Gasteiger partial charge in [-0.3, -0.25) is 9.78 Å². The Hall–Kier alpha value is -2.56. The van der Waals surface area contributed by atoms with E-state index >= 15 is 0 Å². The van der Waals surface area contributed by atoms with E-state index in [1.54, 1.807) is 19.4 Å². The average molecular weight is 283 g/mol. The van der Waals surface area contributed by atoms with Crippen molar-refractivity contribution in [3.63, 3.8) is 0 Å². The monoisotopic (exact) mass is 283 g/mol. The average Bonchev–Trinajstić information content (AvgIpc) is 3.31. The van der Waals surface area contributed by atoms with E-state index in [0.29, 0.717) is 11.7 Å². The highest BCUT2D eigenvalue weighted by Crippen LogP contribution is 2.22. The van der Waals surface area contributed by atoms with E-state index in [2.05, 4.69) is 15.6 Å². The molecule has 1 amide bonds. The maximum atomic E-state index is 12.0. The van der Waals surface area contributed by atoms with Crippen molar-refractivity contribution in [1.29, 1.82) is 0 Å². The number of hydrogen-bond donors (Lipinski definition) is 2. The summed E-state index contributed by atoms with van der Waals surface area (Å²) in [6.07, 6.45) is 3.76. The number of carbonyl (C=O) groups excluding carboxylic acids is 1. The number of methoxy groups -OCH3 is 1. The van der Waals surface area contributed by atoms with Crippen LogP contribution in [0.25, 0.3) is 0 Å². The molecule has 0 bridgehead atoms. The first-order valence-corrected chi connectivity index (χ1v) is 6.92. The zero-order valence-corrected chi connectivity index (χ0v) is 11.8. The lowest BCUT2D eigenvalue weighted by Crippen LogP contribution is -2.26. The van der Waals surface area contributed by atoms with Crippen LogP contribution in [0.3, 0.4) is 0 Å². The third-order valence-corrected chi connectivity index (χ3v) is 3.26. The summed E-state index contributed by atoms with van der Waals surface area (Å²) in [6, 6.07) is 11.5. The number of benzene rings is 1. The number of nitrogens with zero attached hydrogens (tertiary/aromatic N) is 1. The van der Waals surface area contributed by atoms with Crippen LogP contribution >= 0.6 is 0 Å². The van der Waals surface area contributed by atoms with Crippen LogP contribution in [0.5, 0.6) is 5.75 Å². The van der Waals surface area contributed by atoms with Gasteiger partial charge in [-0.1, -0.05) is 6.07 Å². The maximum Gasteiger partial charge on any atom is 0.270 e. The molecule has 0 unspecified atom stereocenters. The fourth-order valence-corrected chi connectivity index (χ4v) is 1.99. The minimum absolute atomic E-state index is 0.119. The molecule has 5 nitrogen and oxygen atoms in total. The molecule has 0 atom stereocenters. The highest BCUT2D eigenvalue weighted by atomic mass is 16.5. The van der Waals surface area contributed by atoms with Crippen LogP contribution in [0.15, 0.2) is 42.6 Å². The largest absolute Gasteiger partial charge is 0.497 e. The molecule has 1 aliphatic rings. The molecule has 2 aromatic rings. The SMILES string of the molecule is COc1cccc(Nc2ccnc(C(=O)NC3CC3)c2)c1. The second kappa shape index (κ2) is 5.83. The molecule has 1 fully saturated rings. The molecule has 3 rings (SSSR count). The van der Waals surface area contributed by atoms with Crippen molar-refractivity contribution in [2.75, 3.05) is 12.4 Å². The highest BCUT2D eigenvalue weighted by Gasteiger charge is 2.24. The molecule has 0 saturated heterocycles. The Morgan fingerprint density at radius 2 is 2.05 bits per heavy atom. The van der Waals surface area contributed by atoms with Gasteiger partial charge in [0.1, 0.15) is 11.4 Å². The maximum absolute atomic E-state index is 12.0. The van der Waals surface area contributed by atoms with Crippen LogP contribution in [-0.4, -0.2) is 24.0 Å². The van der Waals surface area contributed by atoms with E-state index in [1.807, 2.05) is 30.3 Å². The first-order valence-electron chi connectivity index (χ1n) is 6.92. The van der Waals surface area contributed by atoms with Gasteiger partial charge in [0.25, 0.3) is 5.91 Å². The first kappa shape index (κ1) is 13.4. The third-order valence-electron chi connectivity index (χ3n) is 3.26. The quantitative estimate of drug-likeness (QED) is 0.885. The van der Waals surface area contributed by atoms with Crippen molar-refractivity contribution in [2.24, 2.45) is 0 Å². The number of pyridine rings is 1. The van der Waals surface area contributed by atoms with Gasteiger partial charge in [-0.2, -0.15) is 0 Å². The molecule has 1 saturated carbocycles. The lowest BCUT2D eigenvalue weighted by molar-refractivity contribution is 0.0946. The molecule has 0 radical (unpaired) electrons. The molecule has 1 heterocycles. The summed E-state index contributed by atoms with van der Waals surface area (Å²) < 4.78 is 5.19. The van der Waals surface area contributed by atoms with Gasteiger partial charge in [0.05, 0.1) is 7.11 Å². The molecule has 1 aromatic heterocycles. The van der Waals surface area contributed by atoms with Crippen LogP contribution in [0.2, 0.25) is 0 Å². The molecule has 108 valence electrons. The summed E-state index contributed by atoms with van der Waals surface area (Å²) in [4.78, 5) is 16.1. The highest BCUT2D eigenvalue weighted by molar-refractivity contribution is 5.93. The van der Waals surface area contributed by atoms with E-state index in [0.717, 1.165) is 30.0 Å². The number of hydrogen-bond acceptors (Lipinski definition) is 4. The van der Waals surface area contributed by atoms with Crippen LogP contribution in [-0.2, 0) is 0 Å². The number of nitrogens with one attached hydrogen (secondary N) is 2. The van der Waals surface area contributed by atoms with Crippen molar-refractivity contribution >= 4 is 17.3 Å². The van der Waals surface area contributed by atoms with E-state index in [4.69, 9.17) is 4.74 Å². The van der Waals surface area contributed by atoms with Crippen molar-refractivity contribution in [1.82, 2.24) is 10.3 Å². The Kier molecular flexibility index (Phi) is 3.73. The van der Waals surface area contributed by atoms with Gasteiger partial charge < -0.3 is 15.4 Å². The lowest BCUT2D eigenvalue weighted by Gasteiger charge is -2.09. The van der Waals surface area contributed by atoms with Gasteiger partial charge in [-0.25, -0.2) is 0 Å². The zero-order valence-electron chi connectivity index (χ0n) is 11.8. The molecular formula is C16H17N3O2. The summed E-state index contributed by atoms with van der Waals surface area (Å²) in [5.41, 5.74) is 2.14. The normalized spacial score (nSPS) is 13.6. The molecular weight excluding hydrogens is 266 g/mol. The minimum atomic E-state index is -0.119. The van der Waals surface area contributed by atoms with E-state index < -0.39 is 0 Å². The van der Waals surface area contributed by atoms with Crippen molar-refractivity contribution in [3.05, 3.63) is 48.3 Å². The van der Waals surface area contributed by atoms with E-state index in [9.17, 15) is 4.79 Å². The van der Waals surface area contributed by atoms with Crippen molar-refractivity contribution in [2.45, 2.75) is 18.9 Å². The Labute approximate surface area is 123 Å². The summed E-state index contributed by atoms with van der Waals surface area (Å²) >= 11 is 0. The van der Waals surface area contributed by atoms with Crippen molar-refractivity contribution < 1.29 is 9.53 Å². The molecule has 1 aromatic carbocycles. The first-order chi connectivity index (χ1) is 10.2. The summed E-state index contributed by atoms with van der Waals surface area (Å²) in [6.45, 7) is 0. The smallest absolute Gasteiger partial charge is 0.270 e. The molecule has 1 aliphatic carbocycles. The number of aromatic nitrogens is 1. The number of anilines is 2. The predicted molar refractivity (Wildman–Crippen MR) is 81.0 cm³/mol. The molecule has 5 heteroatoms. The summed E-state index contributed by atoms with van der Waals surface area (Å²) in [5, 5.41) is 6.17. The summed E-state index contributed by atoms with van der Waals surface area (Å²) in [7, 11) is 1.63. The second-order valence-electron chi connectivity index (χ2n) is 5.03. The Balaban J connectivity index is 1.74. The predicted octanol–water partition coefficient (Wildman–Crippen LogP) is 2.73. The van der Waals surface area contributed by atoms with Crippen LogP contribution < -0.4 is 15.4 Å².